The number of benzene rings is 1. The van der Waals surface area contributed by atoms with Crippen LogP contribution in [-0.2, 0) is 11.2 Å². The van der Waals surface area contributed by atoms with E-state index in [0.717, 1.165) is 0 Å². The molecule has 6 heteroatoms. The lowest BCUT2D eigenvalue weighted by Crippen LogP contribution is -2.08. The first-order valence-corrected chi connectivity index (χ1v) is 6.63. The summed E-state index contributed by atoms with van der Waals surface area (Å²) in [5.74, 6) is -0.658. The summed E-state index contributed by atoms with van der Waals surface area (Å²) < 4.78 is 4.62. The highest BCUT2D eigenvalue weighted by Gasteiger charge is 2.12. The quantitative estimate of drug-likeness (QED) is 0.647. The number of aromatic nitrogens is 1. The number of aromatic hydroxyl groups is 1. The number of ketones is 1. The first-order chi connectivity index (χ1) is 10.5. The summed E-state index contributed by atoms with van der Waals surface area (Å²) in [6.07, 6.45) is 1.77. The van der Waals surface area contributed by atoms with Gasteiger partial charge in [0.2, 0.25) is 5.56 Å². The van der Waals surface area contributed by atoms with Gasteiger partial charge >= 0.3 is 5.97 Å². The van der Waals surface area contributed by atoms with E-state index in [0.29, 0.717) is 16.7 Å². The number of H-pyrrole nitrogens is 1. The van der Waals surface area contributed by atoms with Crippen LogP contribution in [0.3, 0.4) is 0 Å². The van der Waals surface area contributed by atoms with Crippen molar-refractivity contribution in [1.29, 1.82) is 0 Å². The van der Waals surface area contributed by atoms with Crippen LogP contribution in [0.5, 0.6) is 5.75 Å². The van der Waals surface area contributed by atoms with Crippen LogP contribution in [0.1, 0.15) is 32.7 Å². The molecule has 0 spiro atoms. The molecule has 0 fully saturated rings. The van der Waals surface area contributed by atoms with Crippen LogP contribution in [-0.4, -0.2) is 29.0 Å². The number of esters is 1. The van der Waals surface area contributed by atoms with E-state index in [9.17, 15) is 19.5 Å². The first-order valence-electron chi connectivity index (χ1n) is 6.63. The van der Waals surface area contributed by atoms with Crippen molar-refractivity contribution in [3.8, 4) is 5.75 Å². The van der Waals surface area contributed by atoms with Gasteiger partial charge in [-0.1, -0.05) is 0 Å². The van der Waals surface area contributed by atoms with Crippen molar-refractivity contribution >= 4 is 11.8 Å². The molecule has 0 amide bonds. The number of nitrogens with one attached hydrogen (secondary N) is 1. The second-order valence-electron chi connectivity index (χ2n) is 4.70. The van der Waals surface area contributed by atoms with Gasteiger partial charge < -0.3 is 14.8 Å². The number of pyridine rings is 1. The van der Waals surface area contributed by atoms with E-state index >= 15 is 0 Å². The molecule has 0 unspecified atom stereocenters. The lowest BCUT2D eigenvalue weighted by atomic mass is 10.0. The summed E-state index contributed by atoms with van der Waals surface area (Å²) in [4.78, 5) is 36.9. The van der Waals surface area contributed by atoms with E-state index in [1.54, 1.807) is 0 Å². The molecule has 6 nitrogen and oxygen atoms in total. The van der Waals surface area contributed by atoms with E-state index < -0.39 is 5.97 Å². The number of phenols is 1. The molecule has 2 rings (SSSR count). The van der Waals surface area contributed by atoms with Gasteiger partial charge in [0.15, 0.2) is 5.78 Å². The van der Waals surface area contributed by atoms with Crippen molar-refractivity contribution in [3.05, 3.63) is 63.6 Å². The number of phenolic OH excluding ortho intramolecular Hbond substituents is 1. The molecule has 2 aromatic rings. The molecule has 0 aliphatic rings. The molecule has 0 saturated heterocycles. The van der Waals surface area contributed by atoms with Crippen molar-refractivity contribution in [3.63, 3.8) is 0 Å². The Morgan fingerprint density at radius 3 is 2.55 bits per heavy atom. The fraction of sp³-hybridized carbons (Fsp3) is 0.188. The molecule has 0 atom stereocenters. The van der Waals surface area contributed by atoms with Crippen LogP contribution in [0.4, 0.5) is 0 Å². The van der Waals surface area contributed by atoms with Crippen LogP contribution < -0.4 is 5.56 Å². The number of aryl methyl sites for hydroxylation is 1. The number of carbonyl (C=O) groups is 2. The normalized spacial score (nSPS) is 10.2. The van der Waals surface area contributed by atoms with Gasteiger partial charge in [-0.25, -0.2) is 4.79 Å². The topological polar surface area (TPSA) is 96.5 Å². The highest BCUT2D eigenvalue weighted by Crippen LogP contribution is 2.21. The zero-order valence-corrected chi connectivity index (χ0v) is 12.0. The number of carbonyl (C=O) groups excluding carboxylic acids is 2. The third-order valence-electron chi connectivity index (χ3n) is 3.23. The zero-order valence-electron chi connectivity index (χ0n) is 12.0. The fourth-order valence-corrected chi connectivity index (χ4v) is 2.01. The monoisotopic (exact) mass is 301 g/mol. The number of hydrogen-bond acceptors (Lipinski definition) is 5. The minimum atomic E-state index is -0.506. The standard InChI is InChI=1S/C16H15NO5/c1-22-16(21)11-3-6-13(18)10(8-11)2-5-14(19)12-4-7-15(20)17-9-12/h3-4,6-9,18H,2,5H2,1H3,(H,17,20). The Morgan fingerprint density at radius 2 is 1.91 bits per heavy atom. The van der Waals surface area contributed by atoms with Gasteiger partial charge in [0, 0.05) is 24.2 Å². The van der Waals surface area contributed by atoms with E-state index in [4.69, 9.17) is 0 Å². The first kappa shape index (κ1) is 15.5. The molecule has 0 bridgehead atoms. The van der Waals surface area contributed by atoms with Gasteiger partial charge in [0.05, 0.1) is 12.7 Å². The predicted molar refractivity (Wildman–Crippen MR) is 79.2 cm³/mol. The average Bonchev–Trinajstić information content (AvgIpc) is 2.53. The molecule has 2 N–H and O–H groups in total. The largest absolute Gasteiger partial charge is 0.508 e. The Labute approximate surface area is 126 Å². The van der Waals surface area contributed by atoms with Crippen LogP contribution >= 0.6 is 0 Å². The Hall–Kier alpha value is -2.89. The van der Waals surface area contributed by atoms with Gasteiger partial charge in [-0.3, -0.25) is 9.59 Å². The van der Waals surface area contributed by atoms with Gasteiger partial charge in [0.1, 0.15) is 5.75 Å². The van der Waals surface area contributed by atoms with Gasteiger partial charge in [-0.05, 0) is 36.2 Å². The molecule has 114 valence electrons. The Kier molecular flexibility index (Phi) is 4.73. The van der Waals surface area contributed by atoms with Crippen molar-refractivity contribution in [2.45, 2.75) is 12.8 Å². The van der Waals surface area contributed by atoms with Crippen LogP contribution in [0.25, 0.3) is 0 Å². The van der Waals surface area contributed by atoms with Crippen molar-refractivity contribution < 1.29 is 19.4 Å². The van der Waals surface area contributed by atoms with Gasteiger partial charge in [0.25, 0.3) is 0 Å². The molecule has 22 heavy (non-hydrogen) atoms. The number of Topliss-reactive ketones (excluding diaryl/α,β-unsaturated/α-hetero) is 1. The molecule has 1 heterocycles. The smallest absolute Gasteiger partial charge is 0.337 e. The van der Waals surface area contributed by atoms with E-state index in [2.05, 4.69) is 9.72 Å². The molecule has 1 aromatic carbocycles. The molecular formula is C16H15NO5. The number of rotatable bonds is 5. The lowest BCUT2D eigenvalue weighted by Gasteiger charge is -2.07. The van der Waals surface area contributed by atoms with Gasteiger partial charge in [-0.15, -0.1) is 0 Å². The second-order valence-corrected chi connectivity index (χ2v) is 4.70. The fourth-order valence-electron chi connectivity index (χ4n) is 2.01. The summed E-state index contributed by atoms with van der Waals surface area (Å²) in [6.45, 7) is 0. The van der Waals surface area contributed by atoms with E-state index in [-0.39, 0.29) is 29.9 Å². The summed E-state index contributed by atoms with van der Waals surface area (Å²) >= 11 is 0. The highest BCUT2D eigenvalue weighted by atomic mass is 16.5. The maximum atomic E-state index is 12.0. The Morgan fingerprint density at radius 1 is 1.18 bits per heavy atom. The van der Waals surface area contributed by atoms with Crippen LogP contribution in [0, 0.1) is 0 Å². The summed E-state index contributed by atoms with van der Waals surface area (Å²) in [5.41, 5.74) is 0.913. The summed E-state index contributed by atoms with van der Waals surface area (Å²) in [5, 5.41) is 9.80. The van der Waals surface area contributed by atoms with Crippen molar-refractivity contribution in [2.24, 2.45) is 0 Å². The van der Waals surface area contributed by atoms with E-state index in [1.165, 1.54) is 43.6 Å². The maximum absolute atomic E-state index is 12.0. The molecule has 0 aliphatic carbocycles. The minimum absolute atomic E-state index is 0.0157. The lowest BCUT2D eigenvalue weighted by molar-refractivity contribution is 0.0600. The van der Waals surface area contributed by atoms with Crippen LogP contribution in [0.15, 0.2) is 41.3 Å². The average molecular weight is 301 g/mol. The summed E-state index contributed by atoms with van der Waals surface area (Å²) in [7, 11) is 1.27. The maximum Gasteiger partial charge on any atom is 0.337 e. The molecule has 1 aromatic heterocycles. The highest BCUT2D eigenvalue weighted by molar-refractivity contribution is 5.96. The van der Waals surface area contributed by atoms with Crippen molar-refractivity contribution in [2.75, 3.05) is 7.11 Å². The number of ether oxygens (including phenoxy) is 1. The van der Waals surface area contributed by atoms with E-state index in [1.807, 2.05) is 0 Å². The third kappa shape index (κ3) is 3.60. The summed E-state index contributed by atoms with van der Waals surface area (Å²) in [6, 6.07) is 7.08. The predicted octanol–water partition coefficient (Wildman–Crippen LogP) is 1.68. The second kappa shape index (κ2) is 6.71. The number of aromatic amines is 1. The zero-order chi connectivity index (χ0) is 16.1. The molecule has 0 saturated carbocycles. The number of methoxy groups -OCH3 is 1. The van der Waals surface area contributed by atoms with Gasteiger partial charge in [-0.2, -0.15) is 0 Å². The Bertz CT molecular complexity index is 743. The molecule has 0 aliphatic heterocycles. The molecular weight excluding hydrogens is 286 g/mol. The Balaban J connectivity index is 2.10. The van der Waals surface area contributed by atoms with Crippen molar-refractivity contribution in [1.82, 2.24) is 4.98 Å². The minimum Gasteiger partial charge on any atom is -0.508 e. The molecule has 0 radical (unpaired) electrons. The number of hydrogen-bond donors (Lipinski definition) is 2. The SMILES string of the molecule is COC(=O)c1ccc(O)c(CCC(=O)c2ccc(=O)[nH]c2)c1. The van der Waals surface area contributed by atoms with Crippen LogP contribution in [0.2, 0.25) is 0 Å². The third-order valence-corrected chi connectivity index (χ3v) is 3.23.